The molecular formula is C27H41ClO4. The number of hydrogen-bond acceptors (Lipinski definition) is 4. The lowest BCUT2D eigenvalue weighted by atomic mass is 9.84. The van der Waals surface area contributed by atoms with Gasteiger partial charge in [-0.2, -0.15) is 0 Å². The summed E-state index contributed by atoms with van der Waals surface area (Å²) in [7, 11) is 1.41. The monoisotopic (exact) mass is 464 g/mol. The molecule has 0 aliphatic heterocycles. The summed E-state index contributed by atoms with van der Waals surface area (Å²) in [5.41, 5.74) is 2.29. The van der Waals surface area contributed by atoms with Crippen LogP contribution < -0.4 is 0 Å². The van der Waals surface area contributed by atoms with Gasteiger partial charge in [0.05, 0.1) is 19.3 Å². The van der Waals surface area contributed by atoms with Crippen molar-refractivity contribution >= 4 is 17.6 Å². The molecule has 1 fully saturated rings. The number of rotatable bonds is 11. The fraction of sp³-hybridized carbons (Fsp3) is 0.667. The van der Waals surface area contributed by atoms with Crippen LogP contribution in [0.2, 0.25) is 0 Å². The Hall–Kier alpha value is -1.36. The molecule has 0 amide bonds. The van der Waals surface area contributed by atoms with Gasteiger partial charge in [0.2, 0.25) is 0 Å². The van der Waals surface area contributed by atoms with Gasteiger partial charge in [-0.3, -0.25) is 4.79 Å². The van der Waals surface area contributed by atoms with Crippen LogP contribution in [0.3, 0.4) is 0 Å². The lowest BCUT2D eigenvalue weighted by molar-refractivity contribution is -0.140. The number of allylic oxidation sites excluding steroid dienone is 2. The number of benzene rings is 1. The standard InChI is InChI=1S/C27H41ClO4/c1-27(2,3)17-9-11-23(29)19-13-15-20(16-14-19)26-21(22(28)18-24(26)30)10-7-5-6-8-12-25(31)32-4/h5,7,13-16,21-24,26,29-30H,6,8-12,17-18H2,1-4H3/b7-5-/t21-,22-,23?,24+,26+/m0/s1. The van der Waals surface area contributed by atoms with Gasteiger partial charge in [-0.1, -0.05) is 63.6 Å². The van der Waals surface area contributed by atoms with Gasteiger partial charge in [0.15, 0.2) is 0 Å². The van der Waals surface area contributed by atoms with Crippen molar-refractivity contribution in [1.29, 1.82) is 0 Å². The fourth-order valence-corrected chi connectivity index (χ4v) is 5.04. The fourth-order valence-electron chi connectivity index (χ4n) is 4.60. The molecule has 180 valence electrons. The second-order valence-corrected chi connectivity index (χ2v) is 10.9. The second-order valence-electron chi connectivity index (χ2n) is 10.3. The number of carbonyl (C=O) groups is 1. The maximum absolute atomic E-state index is 11.2. The summed E-state index contributed by atoms with van der Waals surface area (Å²) < 4.78 is 4.66. The van der Waals surface area contributed by atoms with Crippen LogP contribution in [0, 0.1) is 11.3 Å². The van der Waals surface area contributed by atoms with Gasteiger partial charge in [0.1, 0.15) is 0 Å². The third-order valence-corrected chi connectivity index (χ3v) is 6.97. The minimum Gasteiger partial charge on any atom is -0.469 e. The second kappa shape index (κ2) is 12.8. The number of carbonyl (C=O) groups excluding carboxylic acids is 1. The Morgan fingerprint density at radius 1 is 1.22 bits per heavy atom. The van der Waals surface area contributed by atoms with Crippen molar-refractivity contribution < 1.29 is 19.7 Å². The minimum absolute atomic E-state index is 0.00991. The number of ether oxygens (including phenoxy) is 1. The van der Waals surface area contributed by atoms with E-state index in [2.05, 4.69) is 37.7 Å². The van der Waals surface area contributed by atoms with E-state index in [9.17, 15) is 15.0 Å². The SMILES string of the molecule is COC(=O)CCC/C=C\C[C@@H]1[C@@H](c2ccc(C(O)CCCC(C)(C)C)cc2)[C@H](O)C[C@@H]1Cl. The van der Waals surface area contributed by atoms with Gasteiger partial charge in [0, 0.05) is 17.7 Å². The quantitative estimate of drug-likeness (QED) is 0.174. The molecule has 0 spiro atoms. The van der Waals surface area contributed by atoms with Gasteiger partial charge >= 0.3 is 5.97 Å². The van der Waals surface area contributed by atoms with Crippen molar-refractivity contribution in [3.63, 3.8) is 0 Å². The highest BCUT2D eigenvalue weighted by Crippen LogP contribution is 2.45. The van der Waals surface area contributed by atoms with Crippen LogP contribution in [0.4, 0.5) is 0 Å². The molecule has 1 aliphatic carbocycles. The van der Waals surface area contributed by atoms with E-state index < -0.39 is 12.2 Å². The zero-order valence-corrected chi connectivity index (χ0v) is 20.9. The predicted octanol–water partition coefficient (Wildman–Crippen LogP) is 6.30. The van der Waals surface area contributed by atoms with Gasteiger partial charge < -0.3 is 14.9 Å². The van der Waals surface area contributed by atoms with Gasteiger partial charge in [0.25, 0.3) is 0 Å². The highest BCUT2D eigenvalue weighted by Gasteiger charge is 2.41. The molecule has 32 heavy (non-hydrogen) atoms. The van der Waals surface area contributed by atoms with Crippen LogP contribution in [0.5, 0.6) is 0 Å². The summed E-state index contributed by atoms with van der Waals surface area (Å²) in [6.07, 6.45) is 9.54. The average Bonchev–Trinajstić information content (AvgIpc) is 3.02. The largest absolute Gasteiger partial charge is 0.469 e. The zero-order valence-electron chi connectivity index (χ0n) is 20.1. The zero-order chi connectivity index (χ0) is 23.7. The molecule has 1 aliphatic rings. The molecule has 0 aromatic heterocycles. The van der Waals surface area contributed by atoms with E-state index in [0.29, 0.717) is 12.8 Å². The summed E-state index contributed by atoms with van der Waals surface area (Å²) in [4.78, 5) is 11.2. The maximum atomic E-state index is 11.2. The predicted molar refractivity (Wildman–Crippen MR) is 131 cm³/mol. The maximum Gasteiger partial charge on any atom is 0.305 e. The van der Waals surface area contributed by atoms with Crippen molar-refractivity contribution in [3.05, 3.63) is 47.5 Å². The summed E-state index contributed by atoms with van der Waals surface area (Å²) in [6.45, 7) is 6.66. The Bertz CT molecular complexity index is 722. The van der Waals surface area contributed by atoms with Crippen LogP contribution in [0.1, 0.15) is 95.3 Å². The van der Waals surface area contributed by atoms with Gasteiger partial charge in [-0.05, 0) is 61.0 Å². The third kappa shape index (κ3) is 8.53. The molecule has 0 saturated heterocycles. The van der Waals surface area contributed by atoms with Crippen LogP contribution in [0.25, 0.3) is 0 Å². The Morgan fingerprint density at radius 3 is 2.53 bits per heavy atom. The van der Waals surface area contributed by atoms with Crippen LogP contribution in [0.15, 0.2) is 36.4 Å². The van der Waals surface area contributed by atoms with Crippen LogP contribution >= 0.6 is 11.6 Å². The molecule has 1 unspecified atom stereocenters. The first-order valence-corrected chi connectivity index (χ1v) is 12.4. The molecule has 0 radical (unpaired) electrons. The summed E-state index contributed by atoms with van der Waals surface area (Å²) in [5, 5.41) is 21.2. The first kappa shape index (κ1) is 26.9. The molecule has 1 saturated carbocycles. The molecule has 4 nitrogen and oxygen atoms in total. The van der Waals surface area contributed by atoms with Crippen molar-refractivity contribution in [1.82, 2.24) is 0 Å². The van der Waals surface area contributed by atoms with E-state index >= 15 is 0 Å². The van der Waals surface area contributed by atoms with Crippen LogP contribution in [-0.2, 0) is 9.53 Å². The Labute approximate surface area is 199 Å². The highest BCUT2D eigenvalue weighted by molar-refractivity contribution is 6.21. The van der Waals surface area contributed by atoms with Crippen molar-refractivity contribution in [2.24, 2.45) is 11.3 Å². The first-order valence-electron chi connectivity index (χ1n) is 11.9. The van der Waals surface area contributed by atoms with E-state index in [0.717, 1.165) is 49.7 Å². The normalized spacial score (nSPS) is 24.7. The number of aliphatic hydroxyl groups is 2. The molecule has 1 aromatic rings. The van der Waals surface area contributed by atoms with Gasteiger partial charge in [-0.15, -0.1) is 11.6 Å². The number of alkyl halides is 1. The minimum atomic E-state index is -0.460. The van der Waals surface area contributed by atoms with Crippen LogP contribution in [-0.4, -0.2) is 34.8 Å². The number of unbranched alkanes of at least 4 members (excludes halogenated alkanes) is 1. The number of halogens is 1. The molecule has 1 aromatic carbocycles. The van der Waals surface area contributed by atoms with E-state index in [1.807, 2.05) is 24.3 Å². The van der Waals surface area contributed by atoms with Gasteiger partial charge in [-0.25, -0.2) is 0 Å². The summed E-state index contributed by atoms with van der Waals surface area (Å²) in [6, 6.07) is 8.06. The van der Waals surface area contributed by atoms with E-state index in [-0.39, 0.29) is 28.6 Å². The van der Waals surface area contributed by atoms with Crippen molar-refractivity contribution in [2.75, 3.05) is 7.11 Å². The molecule has 0 bridgehead atoms. The lowest BCUT2D eigenvalue weighted by Crippen LogP contribution is -2.18. The lowest BCUT2D eigenvalue weighted by Gasteiger charge is -2.24. The molecule has 2 N–H and O–H groups in total. The topological polar surface area (TPSA) is 66.8 Å². The average molecular weight is 465 g/mol. The van der Waals surface area contributed by atoms with E-state index in [1.54, 1.807) is 0 Å². The van der Waals surface area contributed by atoms with E-state index in [4.69, 9.17) is 11.6 Å². The summed E-state index contributed by atoms with van der Waals surface area (Å²) >= 11 is 6.60. The Balaban J connectivity index is 1.93. The highest BCUT2D eigenvalue weighted by atomic mass is 35.5. The molecule has 0 heterocycles. The smallest absolute Gasteiger partial charge is 0.305 e. The van der Waals surface area contributed by atoms with Crippen molar-refractivity contribution in [3.8, 4) is 0 Å². The van der Waals surface area contributed by atoms with Crippen molar-refractivity contribution in [2.45, 2.75) is 95.6 Å². The first-order chi connectivity index (χ1) is 15.1. The molecule has 5 atom stereocenters. The molecular weight excluding hydrogens is 424 g/mol. The Kier molecular flexibility index (Phi) is 10.7. The third-order valence-electron chi connectivity index (χ3n) is 6.47. The number of aliphatic hydroxyl groups excluding tert-OH is 2. The van der Waals surface area contributed by atoms with E-state index in [1.165, 1.54) is 7.11 Å². The Morgan fingerprint density at radius 2 is 1.91 bits per heavy atom. The number of hydrogen-bond donors (Lipinski definition) is 2. The molecule has 2 rings (SSSR count). The number of esters is 1. The number of methoxy groups -OCH3 is 1. The summed E-state index contributed by atoms with van der Waals surface area (Å²) in [5.74, 6) is -0.0312. The molecule has 5 heteroatoms.